The van der Waals surface area contributed by atoms with Crippen molar-refractivity contribution >= 4 is 27.8 Å². The van der Waals surface area contributed by atoms with Gasteiger partial charge in [-0.3, -0.25) is 0 Å². The van der Waals surface area contributed by atoms with E-state index in [1.807, 2.05) is 0 Å². The Labute approximate surface area is 329 Å². The number of nitrogens with zero attached hydrogens (tertiary/aromatic N) is 1. The lowest BCUT2D eigenvalue weighted by Gasteiger charge is -2.30. The topological polar surface area (TPSA) is 3.24 Å². The molecule has 1 aliphatic rings. The summed E-state index contributed by atoms with van der Waals surface area (Å²) in [7, 11) is 0. The van der Waals surface area contributed by atoms with Crippen molar-refractivity contribution in [3.63, 3.8) is 0 Å². The van der Waals surface area contributed by atoms with Crippen LogP contribution in [0.25, 0.3) is 66.4 Å². The second-order valence-electron chi connectivity index (χ2n) is 15.3. The fourth-order valence-electron chi connectivity index (χ4n) is 8.99. The zero-order valence-corrected chi connectivity index (χ0v) is 31.7. The van der Waals surface area contributed by atoms with Gasteiger partial charge in [-0.15, -0.1) is 0 Å². The third-order valence-corrected chi connectivity index (χ3v) is 11.7. The van der Waals surface area contributed by atoms with Gasteiger partial charge in [0.1, 0.15) is 0 Å². The second kappa shape index (κ2) is 13.7. The predicted molar refractivity (Wildman–Crippen MR) is 238 cm³/mol. The summed E-state index contributed by atoms with van der Waals surface area (Å²) in [5.74, 6) is 0. The molecule has 0 saturated carbocycles. The summed E-state index contributed by atoms with van der Waals surface area (Å²) in [6.45, 7) is 4.71. The van der Waals surface area contributed by atoms with E-state index < -0.39 is 0 Å². The molecule has 9 aromatic rings. The highest BCUT2D eigenvalue weighted by Gasteiger charge is 2.36. The quantitative estimate of drug-likeness (QED) is 0.159. The van der Waals surface area contributed by atoms with E-state index in [2.05, 4.69) is 231 Å². The van der Waals surface area contributed by atoms with Gasteiger partial charge in [0.25, 0.3) is 0 Å². The van der Waals surface area contributed by atoms with E-state index in [0.717, 1.165) is 17.1 Å². The highest BCUT2D eigenvalue weighted by molar-refractivity contribution is 6.02. The minimum absolute atomic E-state index is 0.0738. The van der Waals surface area contributed by atoms with Gasteiger partial charge in [-0.25, -0.2) is 0 Å². The lowest BCUT2D eigenvalue weighted by Crippen LogP contribution is -2.14. The van der Waals surface area contributed by atoms with Crippen LogP contribution >= 0.6 is 0 Å². The Kier molecular flexibility index (Phi) is 8.23. The second-order valence-corrected chi connectivity index (χ2v) is 15.3. The minimum atomic E-state index is -0.0738. The van der Waals surface area contributed by atoms with Gasteiger partial charge in [0.15, 0.2) is 0 Å². The van der Waals surface area contributed by atoms with Crippen molar-refractivity contribution in [3.8, 4) is 55.6 Å². The Morgan fingerprint density at radius 1 is 0.321 bits per heavy atom. The summed E-state index contributed by atoms with van der Waals surface area (Å²) in [4.78, 5) is 2.47. The number of hydrogen-bond acceptors (Lipinski definition) is 1. The first kappa shape index (κ1) is 33.6. The maximum Gasteiger partial charge on any atom is 0.0546 e. The van der Waals surface area contributed by atoms with Crippen LogP contribution in [0.5, 0.6) is 0 Å². The number of benzene rings is 9. The van der Waals surface area contributed by atoms with Gasteiger partial charge >= 0.3 is 0 Å². The van der Waals surface area contributed by atoms with Gasteiger partial charge in [0, 0.05) is 22.4 Å². The van der Waals surface area contributed by atoms with Gasteiger partial charge in [0.05, 0.1) is 5.69 Å². The molecule has 10 rings (SSSR count). The molecule has 56 heavy (non-hydrogen) atoms. The molecule has 0 heterocycles. The number of rotatable bonds is 7. The lowest BCUT2D eigenvalue weighted by atomic mass is 9.82. The van der Waals surface area contributed by atoms with Crippen molar-refractivity contribution in [1.29, 1.82) is 0 Å². The third-order valence-electron chi connectivity index (χ3n) is 11.7. The molecule has 1 nitrogen and oxygen atoms in total. The maximum absolute atomic E-state index is 2.47. The first-order valence-electron chi connectivity index (χ1n) is 19.5. The number of anilines is 3. The average molecular weight is 716 g/mol. The Balaban J connectivity index is 1.25. The molecule has 0 aromatic heterocycles. The van der Waals surface area contributed by atoms with Crippen LogP contribution in [0.3, 0.4) is 0 Å². The van der Waals surface area contributed by atoms with Crippen molar-refractivity contribution in [2.75, 3.05) is 4.90 Å². The van der Waals surface area contributed by atoms with Crippen LogP contribution in [0.1, 0.15) is 25.0 Å². The molecule has 0 radical (unpaired) electrons. The molecule has 266 valence electrons. The normalized spacial score (nSPS) is 12.6. The van der Waals surface area contributed by atoms with Gasteiger partial charge in [0.2, 0.25) is 0 Å². The van der Waals surface area contributed by atoms with Crippen LogP contribution in [0.15, 0.2) is 212 Å². The lowest BCUT2D eigenvalue weighted by molar-refractivity contribution is 0.660. The fourth-order valence-corrected chi connectivity index (χ4v) is 8.99. The first-order valence-corrected chi connectivity index (χ1v) is 19.5. The molecule has 1 heteroatoms. The highest BCUT2D eigenvalue weighted by atomic mass is 15.1. The third kappa shape index (κ3) is 5.63. The summed E-state index contributed by atoms with van der Waals surface area (Å²) in [5, 5.41) is 2.43. The molecule has 9 aromatic carbocycles. The molecule has 0 bridgehead atoms. The Hall–Kier alpha value is -6.96. The van der Waals surface area contributed by atoms with Crippen molar-refractivity contribution in [2.24, 2.45) is 0 Å². The summed E-state index contributed by atoms with van der Waals surface area (Å²) >= 11 is 0. The van der Waals surface area contributed by atoms with Crippen LogP contribution in [0.2, 0.25) is 0 Å². The van der Waals surface area contributed by atoms with Crippen LogP contribution in [0, 0.1) is 0 Å². The fraction of sp³-hybridized carbons (Fsp3) is 0.0545. The van der Waals surface area contributed by atoms with E-state index in [4.69, 9.17) is 0 Å². The average Bonchev–Trinajstić information content (AvgIpc) is 3.50. The minimum Gasteiger partial charge on any atom is -0.310 e. The number of hydrogen-bond donors (Lipinski definition) is 0. The highest BCUT2D eigenvalue weighted by Crippen LogP contribution is 2.53. The summed E-state index contributed by atoms with van der Waals surface area (Å²) in [6.07, 6.45) is 0. The van der Waals surface area contributed by atoms with Gasteiger partial charge in [-0.2, -0.15) is 0 Å². The maximum atomic E-state index is 2.47. The molecule has 1 aliphatic carbocycles. The van der Waals surface area contributed by atoms with Crippen LogP contribution in [0.4, 0.5) is 17.1 Å². The zero-order chi connectivity index (χ0) is 37.6. The molecule has 0 unspecified atom stereocenters. The molecule has 0 fully saturated rings. The van der Waals surface area contributed by atoms with E-state index in [0.29, 0.717) is 0 Å². The smallest absolute Gasteiger partial charge is 0.0546 e. The van der Waals surface area contributed by atoms with E-state index >= 15 is 0 Å². The summed E-state index contributed by atoms with van der Waals surface area (Å²) in [6, 6.07) is 77.7. The SMILES string of the molecule is CC1(C)c2ccccc2-c2c(-c3cccc(N(c4ccc5ccccc5c4)c4cccc(-c5ccccc5)c4-c4ccccc4-c4ccccc4)c3)cccc21. The molecule has 0 spiro atoms. The summed E-state index contributed by atoms with van der Waals surface area (Å²) < 4.78 is 0. The van der Waals surface area contributed by atoms with Crippen molar-refractivity contribution in [3.05, 3.63) is 223 Å². The van der Waals surface area contributed by atoms with Crippen LogP contribution in [-0.4, -0.2) is 0 Å². The Bertz CT molecular complexity index is 2880. The molecule has 0 aliphatic heterocycles. The van der Waals surface area contributed by atoms with Crippen molar-refractivity contribution in [2.45, 2.75) is 19.3 Å². The van der Waals surface area contributed by atoms with E-state index in [-0.39, 0.29) is 5.41 Å². The monoisotopic (exact) mass is 715 g/mol. The Morgan fingerprint density at radius 3 is 1.61 bits per heavy atom. The van der Waals surface area contributed by atoms with E-state index in [9.17, 15) is 0 Å². The summed E-state index contributed by atoms with van der Waals surface area (Å²) in [5.41, 5.74) is 18.3. The molecular formula is C55H41N. The van der Waals surface area contributed by atoms with Crippen LogP contribution in [-0.2, 0) is 5.41 Å². The predicted octanol–water partition coefficient (Wildman–Crippen LogP) is 15.3. The molecule has 0 saturated heterocycles. The van der Waals surface area contributed by atoms with Crippen LogP contribution < -0.4 is 4.90 Å². The molecule has 0 amide bonds. The van der Waals surface area contributed by atoms with Gasteiger partial charge in [-0.05, 0) is 102 Å². The standard InChI is InChI=1S/C55H41N/c1-55(2)50-31-14-13-28-49(50)53-47(29-16-32-51(53)55)42-24-15-25-43(37-42)56(44-35-34-38-18-9-10-23-41(38)36-44)52-33-17-30-46(40-21-7-4-8-22-40)54(52)48-27-12-11-26-45(48)39-19-5-3-6-20-39/h3-37H,1-2H3. The molecular weight excluding hydrogens is 675 g/mol. The van der Waals surface area contributed by atoms with E-state index in [1.54, 1.807) is 0 Å². The zero-order valence-electron chi connectivity index (χ0n) is 31.7. The van der Waals surface area contributed by atoms with Gasteiger partial charge < -0.3 is 4.90 Å². The number of fused-ring (bicyclic) bond motifs is 4. The molecule has 0 N–H and O–H groups in total. The molecule has 0 atom stereocenters. The van der Waals surface area contributed by atoms with Gasteiger partial charge in [-0.1, -0.05) is 196 Å². The first-order chi connectivity index (χ1) is 27.6. The van der Waals surface area contributed by atoms with Crippen molar-refractivity contribution in [1.82, 2.24) is 0 Å². The largest absolute Gasteiger partial charge is 0.310 e. The van der Waals surface area contributed by atoms with E-state index in [1.165, 1.54) is 77.5 Å². The Morgan fingerprint density at radius 2 is 0.839 bits per heavy atom. The van der Waals surface area contributed by atoms with Crippen molar-refractivity contribution < 1.29 is 0 Å².